The molecule has 1 spiro atoms. The molecule has 2 aromatic rings. The summed E-state index contributed by atoms with van der Waals surface area (Å²) in [5.74, 6) is 0.318. The van der Waals surface area contributed by atoms with E-state index in [0.717, 1.165) is 29.7 Å². The second kappa shape index (κ2) is 5.52. The van der Waals surface area contributed by atoms with Gasteiger partial charge in [-0.1, -0.05) is 41.6 Å². The first kappa shape index (κ1) is 17.3. The number of oxime groups is 1. The molecule has 1 saturated carbocycles. The van der Waals surface area contributed by atoms with Crippen molar-refractivity contribution in [1.29, 1.82) is 0 Å². The van der Waals surface area contributed by atoms with Gasteiger partial charge in [-0.15, -0.1) is 0 Å². The molecule has 6 rings (SSSR count). The Morgan fingerprint density at radius 1 is 1.17 bits per heavy atom. The Labute approximate surface area is 169 Å². The van der Waals surface area contributed by atoms with Crippen molar-refractivity contribution in [3.05, 3.63) is 59.2 Å². The summed E-state index contributed by atoms with van der Waals surface area (Å²) in [6.07, 6.45) is 1.26. The molecule has 2 aliphatic heterocycles. The van der Waals surface area contributed by atoms with E-state index in [4.69, 9.17) is 4.74 Å². The van der Waals surface area contributed by atoms with E-state index in [-0.39, 0.29) is 24.1 Å². The fourth-order valence-electron chi connectivity index (χ4n) is 6.72. The Bertz CT molecular complexity index is 1040. The van der Waals surface area contributed by atoms with Crippen LogP contribution in [0.5, 0.6) is 11.5 Å². The van der Waals surface area contributed by atoms with Crippen LogP contribution in [-0.2, 0) is 11.8 Å². The highest BCUT2D eigenvalue weighted by atomic mass is 16.5. The van der Waals surface area contributed by atoms with Crippen LogP contribution in [0, 0.1) is 0 Å². The molecule has 0 amide bonds. The molecule has 6 nitrogen and oxygen atoms in total. The van der Waals surface area contributed by atoms with E-state index < -0.39 is 17.1 Å². The topological polar surface area (TPSA) is 85.5 Å². The van der Waals surface area contributed by atoms with E-state index >= 15 is 0 Å². The van der Waals surface area contributed by atoms with Crippen LogP contribution >= 0.6 is 0 Å². The van der Waals surface area contributed by atoms with Crippen LogP contribution in [0.15, 0.2) is 47.6 Å². The van der Waals surface area contributed by atoms with Gasteiger partial charge in [-0.25, -0.2) is 0 Å². The van der Waals surface area contributed by atoms with Gasteiger partial charge in [-0.3, -0.25) is 0 Å². The van der Waals surface area contributed by atoms with Crippen molar-refractivity contribution in [3.63, 3.8) is 0 Å². The average Bonchev–Trinajstić information content (AvgIpc) is 3.08. The summed E-state index contributed by atoms with van der Waals surface area (Å²) in [5, 5.41) is 36.5. The van der Waals surface area contributed by atoms with Gasteiger partial charge in [-0.05, 0) is 43.6 Å². The zero-order valence-corrected chi connectivity index (χ0v) is 16.2. The average molecular weight is 392 g/mol. The number of rotatable bonds is 1. The molecule has 0 radical (unpaired) electrons. The van der Waals surface area contributed by atoms with E-state index in [1.165, 1.54) is 0 Å². The number of nitrogens with zero attached hydrogens (tertiary/aromatic N) is 2. The first-order valence-corrected chi connectivity index (χ1v) is 10.2. The van der Waals surface area contributed by atoms with E-state index in [9.17, 15) is 15.4 Å². The van der Waals surface area contributed by atoms with Crippen molar-refractivity contribution in [3.8, 4) is 11.5 Å². The Balaban J connectivity index is 1.66. The number of phenolic OH excluding ortho intramolecular Hbond substituents is 1. The summed E-state index contributed by atoms with van der Waals surface area (Å²) >= 11 is 0. The predicted octanol–water partition coefficient (Wildman–Crippen LogP) is 2.40. The Morgan fingerprint density at radius 3 is 2.72 bits per heavy atom. The van der Waals surface area contributed by atoms with E-state index in [1.807, 2.05) is 43.4 Å². The van der Waals surface area contributed by atoms with Crippen LogP contribution in [0.2, 0.25) is 0 Å². The Kier molecular flexibility index (Phi) is 3.29. The van der Waals surface area contributed by atoms with Gasteiger partial charge in [0.15, 0.2) is 11.5 Å². The third-order valence-electron chi connectivity index (χ3n) is 7.93. The van der Waals surface area contributed by atoms with E-state index in [2.05, 4.69) is 10.1 Å². The Hall–Kier alpha value is -2.57. The number of likely N-dealkylation sites (N-methyl/N-ethyl adjacent to an activating group) is 1. The second-order valence-electron chi connectivity index (χ2n) is 8.99. The summed E-state index contributed by atoms with van der Waals surface area (Å²) in [7, 11) is 2.05. The summed E-state index contributed by atoms with van der Waals surface area (Å²) in [6, 6.07) is 13.5. The Morgan fingerprint density at radius 2 is 1.97 bits per heavy atom. The smallest absolute Gasteiger partial charge is 0.165 e. The van der Waals surface area contributed by atoms with Crippen molar-refractivity contribution in [2.24, 2.45) is 5.16 Å². The highest BCUT2D eigenvalue weighted by Gasteiger charge is 2.74. The van der Waals surface area contributed by atoms with Gasteiger partial charge in [0.25, 0.3) is 0 Å². The summed E-state index contributed by atoms with van der Waals surface area (Å²) in [4.78, 5) is 2.22. The van der Waals surface area contributed by atoms with Crippen molar-refractivity contribution in [2.45, 2.75) is 48.3 Å². The maximum absolute atomic E-state index is 12.2. The number of likely N-dealkylation sites (tertiary alicyclic amines) is 1. The van der Waals surface area contributed by atoms with Gasteiger partial charge in [0, 0.05) is 18.0 Å². The molecule has 0 aromatic heterocycles. The monoisotopic (exact) mass is 392 g/mol. The van der Waals surface area contributed by atoms with Crippen molar-refractivity contribution >= 4 is 5.71 Å². The molecule has 2 bridgehead atoms. The molecule has 4 aliphatic rings. The highest BCUT2D eigenvalue weighted by Crippen LogP contribution is 2.66. The number of aromatic hydroxyl groups is 1. The third-order valence-corrected chi connectivity index (χ3v) is 7.93. The molecule has 150 valence electrons. The first-order valence-electron chi connectivity index (χ1n) is 10.2. The van der Waals surface area contributed by atoms with E-state index in [1.54, 1.807) is 6.07 Å². The zero-order valence-electron chi connectivity index (χ0n) is 16.2. The lowest BCUT2D eigenvalue weighted by molar-refractivity contribution is -0.164. The van der Waals surface area contributed by atoms with Crippen molar-refractivity contribution in [1.82, 2.24) is 4.90 Å². The minimum absolute atomic E-state index is 0.0983. The number of ether oxygens (including phenoxy) is 1. The van der Waals surface area contributed by atoms with Gasteiger partial charge < -0.3 is 25.1 Å². The predicted molar refractivity (Wildman–Crippen MR) is 107 cm³/mol. The van der Waals surface area contributed by atoms with Crippen LogP contribution in [0.3, 0.4) is 0 Å². The summed E-state index contributed by atoms with van der Waals surface area (Å²) in [6.45, 7) is 0.842. The second-order valence-corrected chi connectivity index (χ2v) is 8.99. The molecule has 2 unspecified atom stereocenters. The largest absolute Gasteiger partial charge is 0.504 e. The number of hydrogen-bond donors (Lipinski definition) is 3. The molecule has 2 aromatic carbocycles. The SMILES string of the molecule is CN1CC[C@]23c4c5ccc(O)c4OC2C(c2ccccc2)C(=NO)C[C@@]3(O)[C@H]1C5. The van der Waals surface area contributed by atoms with Gasteiger partial charge in [0.1, 0.15) is 6.10 Å². The van der Waals surface area contributed by atoms with Gasteiger partial charge in [0.2, 0.25) is 0 Å². The lowest BCUT2D eigenvalue weighted by atomic mass is 9.46. The van der Waals surface area contributed by atoms with Crippen LogP contribution in [0.25, 0.3) is 0 Å². The number of aliphatic hydroxyl groups is 1. The fraction of sp³-hybridized carbons (Fsp3) is 0.435. The van der Waals surface area contributed by atoms with Crippen LogP contribution in [0.1, 0.15) is 35.4 Å². The van der Waals surface area contributed by atoms with Crippen molar-refractivity contribution in [2.75, 3.05) is 13.6 Å². The molecule has 2 fully saturated rings. The standard InChI is InChI=1S/C23H24N2O4/c1-25-10-9-22-19-14-7-8-16(26)20(19)29-21(22)18(13-5-3-2-4-6-13)15(24-28)12-23(22,27)17(25)11-14/h2-8,17-18,21,26-28H,9-12H2,1H3/t17-,18?,21?,22+,23-/m1/s1. The lowest BCUT2D eigenvalue weighted by Gasteiger charge is -2.63. The zero-order chi connectivity index (χ0) is 20.0. The van der Waals surface area contributed by atoms with Gasteiger partial charge in [0.05, 0.1) is 22.6 Å². The molecule has 2 heterocycles. The van der Waals surface area contributed by atoms with Crippen LogP contribution < -0.4 is 4.74 Å². The number of benzene rings is 2. The molecular weight excluding hydrogens is 368 g/mol. The lowest BCUT2D eigenvalue weighted by Crippen LogP contribution is -2.77. The number of piperidine rings is 1. The van der Waals surface area contributed by atoms with Crippen LogP contribution in [-0.4, -0.2) is 57.4 Å². The number of phenols is 1. The maximum Gasteiger partial charge on any atom is 0.165 e. The van der Waals surface area contributed by atoms with Crippen LogP contribution in [0.4, 0.5) is 0 Å². The molecule has 2 aliphatic carbocycles. The molecule has 29 heavy (non-hydrogen) atoms. The van der Waals surface area contributed by atoms with Gasteiger partial charge >= 0.3 is 0 Å². The normalized spacial score (nSPS) is 38.6. The fourth-order valence-corrected chi connectivity index (χ4v) is 6.72. The minimum atomic E-state index is -1.12. The summed E-state index contributed by atoms with van der Waals surface area (Å²) in [5.41, 5.74) is 1.88. The molecule has 3 N–H and O–H groups in total. The van der Waals surface area contributed by atoms with Gasteiger partial charge in [-0.2, -0.15) is 0 Å². The minimum Gasteiger partial charge on any atom is -0.504 e. The quantitative estimate of drug-likeness (QED) is 0.513. The molecule has 1 saturated heterocycles. The molecule has 6 heteroatoms. The summed E-state index contributed by atoms with van der Waals surface area (Å²) < 4.78 is 6.49. The number of hydrogen-bond acceptors (Lipinski definition) is 6. The highest BCUT2D eigenvalue weighted by molar-refractivity contribution is 5.95. The third kappa shape index (κ3) is 1.87. The molecular formula is C23H24N2O4. The van der Waals surface area contributed by atoms with Crippen molar-refractivity contribution < 1.29 is 20.2 Å². The first-order chi connectivity index (χ1) is 14.0. The molecule has 5 atom stereocenters. The van der Waals surface area contributed by atoms with E-state index in [0.29, 0.717) is 17.9 Å². The maximum atomic E-state index is 12.2.